The van der Waals surface area contributed by atoms with E-state index in [1.165, 1.54) is 0 Å². The molecule has 1 rings (SSSR count). The summed E-state index contributed by atoms with van der Waals surface area (Å²) >= 11 is 6.69. The molecule has 0 aromatic carbocycles. The van der Waals surface area contributed by atoms with Gasteiger partial charge in [-0.1, -0.05) is 20.8 Å². The maximum atomic E-state index is 7.75. The minimum Gasteiger partial charge on any atom is -0.411 e. The first-order valence-corrected chi connectivity index (χ1v) is 10.3. The predicted molar refractivity (Wildman–Crippen MR) is 82.4 cm³/mol. The van der Waals surface area contributed by atoms with Crippen LogP contribution in [0.3, 0.4) is 0 Å². The summed E-state index contributed by atoms with van der Waals surface area (Å²) in [6.07, 6.45) is 2.40. The molecule has 0 aliphatic carbocycles. The Balaban J connectivity index is 2.79. The van der Waals surface area contributed by atoms with Crippen molar-refractivity contribution in [3.63, 3.8) is 0 Å². The van der Waals surface area contributed by atoms with Gasteiger partial charge in [0.2, 0.25) is 0 Å². The molecule has 2 nitrogen and oxygen atoms in total. The van der Waals surface area contributed by atoms with E-state index in [0.29, 0.717) is 6.42 Å². The van der Waals surface area contributed by atoms with Gasteiger partial charge in [0.05, 0.1) is 17.4 Å². The topological polar surface area (TPSA) is 18.5 Å². The molecule has 0 aromatic rings. The van der Waals surface area contributed by atoms with Crippen LogP contribution in [0.25, 0.3) is 0 Å². The zero-order valence-corrected chi connectivity index (χ0v) is 15.3. The van der Waals surface area contributed by atoms with Crippen LogP contribution in [0.5, 0.6) is 0 Å². The summed E-state index contributed by atoms with van der Waals surface area (Å²) in [6, 6.07) is 0. The number of rotatable bonds is 3. The Morgan fingerprint density at radius 3 is 2.53 bits per heavy atom. The van der Waals surface area contributed by atoms with Gasteiger partial charge in [-0.15, -0.1) is 0 Å². The molecule has 5 heteroatoms. The molecule has 0 saturated carbocycles. The summed E-state index contributed by atoms with van der Waals surface area (Å²) in [5.74, 6) is 0. The number of halogens is 2. The standard InChI is InChI=1S/C12H22Br2O2Si/c1-12(2,3)17(4,5)16-9-6-7-15-10(9)8-11(13)14/h8-10H,6-7H2,1-5H3/t9-,10+/m0/s1/i7T/t7-,9-,10+. The molecule has 0 amide bonds. The normalized spacial score (nSPS) is 31.2. The van der Waals surface area contributed by atoms with Crippen molar-refractivity contribution in [2.75, 3.05) is 6.58 Å². The Bertz CT molecular complexity index is 325. The van der Waals surface area contributed by atoms with E-state index in [1.54, 1.807) is 0 Å². The van der Waals surface area contributed by atoms with Gasteiger partial charge in [-0.25, -0.2) is 0 Å². The second-order valence-corrected chi connectivity index (χ2v) is 13.4. The molecule has 1 heterocycles. The van der Waals surface area contributed by atoms with Crippen molar-refractivity contribution in [2.45, 2.75) is 57.5 Å². The van der Waals surface area contributed by atoms with Crippen molar-refractivity contribution >= 4 is 40.2 Å². The molecular weight excluding hydrogens is 364 g/mol. The second-order valence-electron chi connectivity index (χ2n) is 5.88. The lowest BCUT2D eigenvalue weighted by Crippen LogP contribution is -2.45. The van der Waals surface area contributed by atoms with Gasteiger partial charge in [0.15, 0.2) is 8.32 Å². The zero-order valence-electron chi connectivity index (χ0n) is 12.1. The lowest BCUT2D eigenvalue weighted by molar-refractivity contribution is 0.0801. The molecule has 1 aliphatic heterocycles. The summed E-state index contributed by atoms with van der Waals surface area (Å²) in [4.78, 5) is 0. The Hall–Kier alpha value is 0.837. The molecule has 1 aliphatic rings. The molecule has 1 fully saturated rings. The first kappa shape index (κ1) is 14.3. The molecule has 0 N–H and O–H groups in total. The maximum absolute atomic E-state index is 7.75. The molecule has 0 radical (unpaired) electrons. The van der Waals surface area contributed by atoms with Gasteiger partial charge < -0.3 is 9.16 Å². The van der Waals surface area contributed by atoms with E-state index < -0.39 is 14.9 Å². The van der Waals surface area contributed by atoms with E-state index in [9.17, 15) is 0 Å². The minimum atomic E-state index is -1.82. The van der Waals surface area contributed by atoms with Crippen LogP contribution in [0, 0.1) is 0 Å². The smallest absolute Gasteiger partial charge is 0.192 e. The third-order valence-electron chi connectivity index (χ3n) is 3.49. The maximum Gasteiger partial charge on any atom is 0.192 e. The SMILES string of the molecule is [3H][C@H]1C[C@H](O[Si](C)(C)C(C)(C)C)[C@@H](C=C(Br)Br)O1. The van der Waals surface area contributed by atoms with Crippen molar-refractivity contribution in [1.82, 2.24) is 0 Å². The van der Waals surface area contributed by atoms with Crippen LogP contribution in [-0.2, 0) is 9.16 Å². The molecule has 0 spiro atoms. The summed E-state index contributed by atoms with van der Waals surface area (Å²) in [5, 5.41) is 0.174. The number of ether oxygens (including phenoxy) is 1. The fourth-order valence-electron chi connectivity index (χ4n) is 1.42. The van der Waals surface area contributed by atoms with Gasteiger partial charge in [0.1, 0.15) is 6.10 Å². The van der Waals surface area contributed by atoms with Crippen LogP contribution in [0.2, 0.25) is 18.1 Å². The Morgan fingerprint density at radius 1 is 1.47 bits per heavy atom. The third kappa shape index (κ3) is 4.46. The highest BCUT2D eigenvalue weighted by molar-refractivity contribution is 9.28. The van der Waals surface area contributed by atoms with Crippen molar-refractivity contribution in [3.05, 3.63) is 9.47 Å². The number of hydrogen-bond acceptors (Lipinski definition) is 2. The molecule has 3 atom stereocenters. The average molecular weight is 388 g/mol. The first-order valence-electron chi connectivity index (χ1n) is 6.39. The average Bonchev–Trinajstić information content (AvgIpc) is 2.42. The van der Waals surface area contributed by atoms with Crippen molar-refractivity contribution in [2.24, 2.45) is 0 Å². The van der Waals surface area contributed by atoms with Crippen LogP contribution in [0.4, 0.5) is 0 Å². The van der Waals surface area contributed by atoms with Crippen LogP contribution >= 0.6 is 31.9 Å². The van der Waals surface area contributed by atoms with E-state index in [2.05, 4.69) is 65.7 Å². The fraction of sp³-hybridized carbons (Fsp3) is 0.833. The summed E-state index contributed by atoms with van der Waals surface area (Å²) in [5.41, 5.74) is 0. The van der Waals surface area contributed by atoms with Gasteiger partial charge in [0.25, 0.3) is 0 Å². The van der Waals surface area contributed by atoms with Gasteiger partial charge in [-0.2, -0.15) is 0 Å². The molecule has 100 valence electrons. The third-order valence-corrected chi connectivity index (χ3v) is 8.52. The van der Waals surface area contributed by atoms with Crippen LogP contribution < -0.4 is 0 Å². The van der Waals surface area contributed by atoms with E-state index in [-0.39, 0.29) is 17.2 Å². The first-order chi connectivity index (χ1) is 8.03. The van der Waals surface area contributed by atoms with Crippen molar-refractivity contribution in [3.8, 4) is 0 Å². The van der Waals surface area contributed by atoms with E-state index >= 15 is 0 Å². The highest BCUT2D eigenvalue weighted by Gasteiger charge is 2.41. The van der Waals surface area contributed by atoms with Crippen LogP contribution in [0.15, 0.2) is 9.47 Å². The molecule has 17 heavy (non-hydrogen) atoms. The van der Waals surface area contributed by atoms with Gasteiger partial charge in [-0.3, -0.25) is 0 Å². The molecule has 0 unspecified atom stereocenters. The molecule has 1 saturated heterocycles. The molecule has 0 aromatic heterocycles. The highest BCUT2D eigenvalue weighted by Crippen LogP contribution is 2.39. The predicted octanol–water partition coefficient (Wildman–Crippen LogP) is 4.80. The Morgan fingerprint density at radius 2 is 2.06 bits per heavy atom. The lowest BCUT2D eigenvalue weighted by Gasteiger charge is -2.39. The van der Waals surface area contributed by atoms with Crippen molar-refractivity contribution in [1.29, 1.82) is 0 Å². The fourth-order valence-corrected chi connectivity index (χ4v) is 3.29. The Labute approximate surface area is 124 Å². The summed E-state index contributed by atoms with van der Waals surface area (Å²) in [6.45, 7) is 10.6. The lowest BCUT2D eigenvalue weighted by atomic mass is 10.2. The second kappa shape index (κ2) is 5.86. The quantitative estimate of drug-likeness (QED) is 0.647. The summed E-state index contributed by atoms with van der Waals surface area (Å²) in [7, 11) is -1.82. The summed E-state index contributed by atoms with van der Waals surface area (Å²) < 4.78 is 20.5. The highest BCUT2D eigenvalue weighted by atomic mass is 79.9. The van der Waals surface area contributed by atoms with Gasteiger partial charge in [-0.05, 0) is 62.5 Å². The van der Waals surface area contributed by atoms with E-state index in [1.807, 2.05) is 6.08 Å². The van der Waals surface area contributed by atoms with E-state index in [4.69, 9.17) is 10.5 Å². The van der Waals surface area contributed by atoms with Crippen molar-refractivity contribution < 1.29 is 10.5 Å². The zero-order chi connectivity index (χ0) is 14.1. The Kier molecular flexibility index (Phi) is 4.91. The monoisotopic (exact) mass is 386 g/mol. The van der Waals surface area contributed by atoms with Gasteiger partial charge >= 0.3 is 0 Å². The van der Waals surface area contributed by atoms with E-state index in [0.717, 1.165) is 3.39 Å². The molecular formula is C12H22Br2O2Si. The van der Waals surface area contributed by atoms with Gasteiger partial charge in [0, 0.05) is 0 Å². The minimum absolute atomic E-state index is 0.0153. The van der Waals surface area contributed by atoms with Crippen LogP contribution in [-0.4, -0.2) is 27.1 Å². The molecule has 0 bridgehead atoms. The van der Waals surface area contributed by atoms with Crippen LogP contribution in [0.1, 0.15) is 28.6 Å². The number of hydrogen-bond donors (Lipinski definition) is 0. The largest absolute Gasteiger partial charge is 0.411 e.